The number of fused-ring (bicyclic) bond motifs is 2. The topological polar surface area (TPSA) is 30.7 Å². The van der Waals surface area contributed by atoms with E-state index in [0.29, 0.717) is 5.92 Å². The predicted molar refractivity (Wildman–Crippen MR) is 106 cm³/mol. The van der Waals surface area contributed by atoms with Gasteiger partial charge in [0.05, 0.1) is 16.1 Å². The van der Waals surface area contributed by atoms with Crippen molar-refractivity contribution >= 4 is 55.0 Å². The lowest BCUT2D eigenvalue weighted by molar-refractivity contribution is 0.729. The molecule has 23 heavy (non-hydrogen) atoms. The monoisotopic (exact) mass is 433 g/mol. The summed E-state index contributed by atoms with van der Waals surface area (Å²) >= 11 is 4.19. The highest BCUT2D eigenvalue weighted by Gasteiger charge is 2.16. The summed E-state index contributed by atoms with van der Waals surface area (Å²) in [6, 6.07) is 10.8. The van der Waals surface area contributed by atoms with Gasteiger partial charge in [-0.05, 0) is 52.3 Å². The van der Waals surface area contributed by atoms with Crippen LogP contribution in [0.25, 0.3) is 31.6 Å². The van der Waals surface area contributed by atoms with Crippen LogP contribution >= 0.6 is 33.9 Å². The first kappa shape index (κ1) is 15.1. The van der Waals surface area contributed by atoms with Gasteiger partial charge in [-0.15, -0.1) is 11.3 Å². The molecule has 1 aromatic carbocycles. The van der Waals surface area contributed by atoms with E-state index in [1.807, 2.05) is 24.0 Å². The van der Waals surface area contributed by atoms with Gasteiger partial charge in [-0.2, -0.15) is 5.10 Å². The summed E-state index contributed by atoms with van der Waals surface area (Å²) in [7, 11) is 2.02. The smallest absolute Gasteiger partial charge is 0.124 e. The van der Waals surface area contributed by atoms with E-state index in [-0.39, 0.29) is 0 Å². The Kier molecular flexibility index (Phi) is 3.65. The molecule has 0 unspecified atom stereocenters. The molecule has 0 amide bonds. The first-order valence-electron chi connectivity index (χ1n) is 7.56. The highest BCUT2D eigenvalue weighted by atomic mass is 127. The molecule has 3 nitrogen and oxygen atoms in total. The van der Waals surface area contributed by atoms with Gasteiger partial charge >= 0.3 is 0 Å². The van der Waals surface area contributed by atoms with Crippen LogP contribution in [-0.4, -0.2) is 14.8 Å². The highest BCUT2D eigenvalue weighted by Crippen LogP contribution is 2.39. The van der Waals surface area contributed by atoms with Gasteiger partial charge in [0.25, 0.3) is 0 Å². The lowest BCUT2D eigenvalue weighted by atomic mass is 10.0. The molecule has 0 atom stereocenters. The molecule has 0 fully saturated rings. The summed E-state index contributed by atoms with van der Waals surface area (Å²) in [5.74, 6) is 0.429. The van der Waals surface area contributed by atoms with Gasteiger partial charge in [-0.25, -0.2) is 4.98 Å². The maximum absolute atomic E-state index is 4.70. The molecule has 0 saturated heterocycles. The zero-order valence-corrected chi connectivity index (χ0v) is 16.1. The van der Waals surface area contributed by atoms with Gasteiger partial charge < -0.3 is 0 Å². The Labute approximate surface area is 152 Å². The van der Waals surface area contributed by atoms with Crippen LogP contribution < -0.4 is 0 Å². The van der Waals surface area contributed by atoms with Crippen LogP contribution in [-0.2, 0) is 7.05 Å². The number of nitrogens with zero attached hydrogens (tertiary/aromatic N) is 3. The molecule has 5 heteroatoms. The molecule has 0 N–H and O–H groups in total. The van der Waals surface area contributed by atoms with Crippen molar-refractivity contribution in [1.82, 2.24) is 14.8 Å². The van der Waals surface area contributed by atoms with Crippen molar-refractivity contribution < 1.29 is 0 Å². The predicted octanol–water partition coefficient (Wildman–Crippen LogP) is 5.58. The first-order chi connectivity index (χ1) is 11.1. The lowest BCUT2D eigenvalue weighted by Crippen LogP contribution is -1.93. The van der Waals surface area contributed by atoms with Crippen LogP contribution in [0.1, 0.15) is 25.5 Å². The maximum Gasteiger partial charge on any atom is 0.124 e. The number of halogens is 1. The van der Waals surface area contributed by atoms with Crippen molar-refractivity contribution in [2.24, 2.45) is 7.05 Å². The van der Waals surface area contributed by atoms with Crippen molar-refractivity contribution in [1.29, 1.82) is 0 Å². The summed E-state index contributed by atoms with van der Waals surface area (Å²) in [6.45, 7) is 4.38. The van der Waals surface area contributed by atoms with Crippen LogP contribution in [0.2, 0.25) is 0 Å². The highest BCUT2D eigenvalue weighted by molar-refractivity contribution is 14.1. The van der Waals surface area contributed by atoms with E-state index in [2.05, 4.69) is 65.7 Å². The number of thiophene rings is 1. The molecule has 0 aliphatic carbocycles. The van der Waals surface area contributed by atoms with E-state index >= 15 is 0 Å². The summed E-state index contributed by atoms with van der Waals surface area (Å²) < 4.78 is 3.27. The number of benzene rings is 1. The number of aryl methyl sites for hydroxylation is 1. The summed E-state index contributed by atoms with van der Waals surface area (Å²) in [6.07, 6.45) is 1.86. The Morgan fingerprint density at radius 2 is 2.00 bits per heavy atom. The second kappa shape index (κ2) is 5.56. The molecule has 0 bridgehead atoms. The minimum absolute atomic E-state index is 0.429. The third-order valence-electron chi connectivity index (χ3n) is 4.09. The van der Waals surface area contributed by atoms with Crippen LogP contribution in [0.4, 0.5) is 0 Å². The third-order valence-corrected chi connectivity index (χ3v) is 6.74. The van der Waals surface area contributed by atoms with Gasteiger partial charge in [0.15, 0.2) is 0 Å². The Morgan fingerprint density at radius 3 is 2.74 bits per heavy atom. The van der Waals surface area contributed by atoms with Crippen molar-refractivity contribution in [3.05, 3.63) is 45.8 Å². The molecule has 0 aliphatic rings. The summed E-state index contributed by atoms with van der Waals surface area (Å²) in [4.78, 5) is 6.87. The van der Waals surface area contributed by atoms with Crippen LogP contribution in [0.15, 0.2) is 36.5 Å². The quantitative estimate of drug-likeness (QED) is 0.387. The molecule has 116 valence electrons. The first-order valence-corrected chi connectivity index (χ1v) is 9.46. The van der Waals surface area contributed by atoms with Crippen molar-refractivity contribution in [3.63, 3.8) is 0 Å². The number of pyridine rings is 1. The average molecular weight is 433 g/mol. The normalized spacial score (nSPS) is 11.9. The zero-order valence-electron chi connectivity index (χ0n) is 13.2. The molecule has 0 aliphatic heterocycles. The Morgan fingerprint density at radius 1 is 1.17 bits per heavy atom. The SMILES string of the molecule is CC(C)c1nn(C)c2cc(-c3sc4ncccc4c3I)ccc12. The second-order valence-electron chi connectivity index (χ2n) is 6.00. The van der Waals surface area contributed by atoms with E-state index in [0.717, 1.165) is 4.83 Å². The molecule has 4 aromatic rings. The summed E-state index contributed by atoms with van der Waals surface area (Å²) in [5, 5.41) is 7.18. The van der Waals surface area contributed by atoms with Gasteiger partial charge in [0.2, 0.25) is 0 Å². The minimum atomic E-state index is 0.429. The Bertz CT molecular complexity index is 1030. The van der Waals surface area contributed by atoms with Crippen LogP contribution in [0, 0.1) is 3.57 Å². The molecule has 3 heterocycles. The van der Waals surface area contributed by atoms with Gasteiger partial charge in [-0.3, -0.25) is 4.68 Å². The number of hydrogen-bond acceptors (Lipinski definition) is 3. The van der Waals surface area contributed by atoms with Crippen molar-refractivity contribution in [2.45, 2.75) is 19.8 Å². The number of rotatable bonds is 2. The molecular weight excluding hydrogens is 417 g/mol. The fraction of sp³-hybridized carbons (Fsp3) is 0.222. The average Bonchev–Trinajstić information content (AvgIpc) is 3.06. The van der Waals surface area contributed by atoms with Crippen molar-refractivity contribution in [2.75, 3.05) is 0 Å². The Hall–Kier alpha value is -1.47. The van der Waals surface area contributed by atoms with E-state index in [1.54, 1.807) is 11.3 Å². The van der Waals surface area contributed by atoms with Crippen molar-refractivity contribution in [3.8, 4) is 10.4 Å². The molecular formula is C18H16IN3S. The zero-order chi connectivity index (χ0) is 16.1. The Balaban J connectivity index is 1.95. The molecule has 0 saturated carbocycles. The summed E-state index contributed by atoms with van der Waals surface area (Å²) in [5.41, 5.74) is 3.59. The van der Waals surface area contributed by atoms with Gasteiger partial charge in [-0.1, -0.05) is 26.0 Å². The van der Waals surface area contributed by atoms with E-state index in [1.165, 1.54) is 36.0 Å². The lowest BCUT2D eigenvalue weighted by Gasteiger charge is -2.02. The maximum atomic E-state index is 4.70. The molecule has 0 spiro atoms. The van der Waals surface area contributed by atoms with Gasteiger partial charge in [0, 0.05) is 27.6 Å². The molecule has 4 rings (SSSR count). The molecule has 3 aromatic heterocycles. The van der Waals surface area contributed by atoms with Crippen LogP contribution in [0.3, 0.4) is 0 Å². The van der Waals surface area contributed by atoms with E-state index < -0.39 is 0 Å². The second-order valence-corrected chi connectivity index (χ2v) is 8.07. The fourth-order valence-electron chi connectivity index (χ4n) is 2.94. The largest absolute Gasteiger partial charge is 0.268 e. The molecule has 0 radical (unpaired) electrons. The fourth-order valence-corrected chi connectivity index (χ4v) is 5.23. The van der Waals surface area contributed by atoms with E-state index in [4.69, 9.17) is 5.10 Å². The minimum Gasteiger partial charge on any atom is -0.268 e. The third kappa shape index (κ3) is 2.37. The van der Waals surface area contributed by atoms with Crippen LogP contribution in [0.5, 0.6) is 0 Å². The van der Waals surface area contributed by atoms with E-state index in [9.17, 15) is 0 Å². The standard InChI is InChI=1S/C18H16IN3S/c1-10(2)16-12-7-6-11(9-14(12)22(3)21-16)17-15(19)13-5-4-8-20-18(13)23-17/h4-10H,1-3H3. The van der Waals surface area contributed by atoms with Gasteiger partial charge in [0.1, 0.15) is 4.83 Å². The number of hydrogen-bond donors (Lipinski definition) is 0. The number of aromatic nitrogens is 3.